The largest absolute Gasteiger partial charge is 0.465 e. The highest BCUT2D eigenvalue weighted by atomic mass is 16.4. The minimum Gasteiger partial charge on any atom is -0.465 e. The van der Waals surface area contributed by atoms with Gasteiger partial charge in [0.25, 0.3) is 0 Å². The van der Waals surface area contributed by atoms with Gasteiger partial charge in [-0.2, -0.15) is 0 Å². The van der Waals surface area contributed by atoms with Gasteiger partial charge in [-0.3, -0.25) is 9.59 Å². The summed E-state index contributed by atoms with van der Waals surface area (Å²) in [5.74, 6) is -1.12. The molecule has 0 spiro atoms. The van der Waals surface area contributed by atoms with Crippen LogP contribution in [0.5, 0.6) is 0 Å². The molecule has 0 saturated heterocycles. The molecule has 1 aromatic carbocycles. The van der Waals surface area contributed by atoms with E-state index in [0.717, 1.165) is 5.56 Å². The smallest absolute Gasteiger partial charge is 0.405 e. The van der Waals surface area contributed by atoms with Crippen LogP contribution in [0, 0.1) is 6.92 Å². The van der Waals surface area contributed by atoms with Crippen molar-refractivity contribution in [3.8, 4) is 0 Å². The Hall–Kier alpha value is -2.57. The Morgan fingerprint density at radius 2 is 1.85 bits per heavy atom. The number of hydrogen-bond donors (Lipinski definition) is 4. The maximum absolute atomic E-state index is 12.0. The van der Waals surface area contributed by atoms with Crippen LogP contribution in [-0.4, -0.2) is 29.1 Å². The molecule has 0 saturated carbocycles. The molecular weight excluding hydrogens is 262 g/mol. The molecule has 5 N–H and O–H groups in total. The number of amides is 3. The van der Waals surface area contributed by atoms with E-state index in [1.54, 1.807) is 12.1 Å². The maximum Gasteiger partial charge on any atom is 0.405 e. The highest BCUT2D eigenvalue weighted by molar-refractivity contribution is 5.96. The zero-order chi connectivity index (χ0) is 15.1. The molecule has 1 aromatic rings. The van der Waals surface area contributed by atoms with Gasteiger partial charge in [-0.25, -0.2) is 4.79 Å². The second-order valence-corrected chi connectivity index (χ2v) is 4.36. The Balaban J connectivity index is 2.68. The van der Waals surface area contributed by atoms with Crippen molar-refractivity contribution in [2.75, 3.05) is 5.32 Å². The predicted molar refractivity (Wildman–Crippen MR) is 73.2 cm³/mol. The van der Waals surface area contributed by atoms with Crippen LogP contribution < -0.4 is 16.4 Å². The standard InChI is InChI=1S/C13H17N3O4/c1-8-2-4-9(5-3-8)15-12(18)10(16-13(19)20)6-7-11(14)17/h2-5,10,16H,6-7H2,1H3,(H2,14,17)(H,15,18)(H,19,20)/t10-/m1/s1. The quantitative estimate of drug-likeness (QED) is 0.616. The molecule has 0 aliphatic carbocycles. The summed E-state index contributed by atoms with van der Waals surface area (Å²) >= 11 is 0. The Kier molecular flexibility index (Phi) is 5.52. The number of carboxylic acid groups (broad SMARTS) is 1. The number of rotatable bonds is 6. The lowest BCUT2D eigenvalue weighted by Gasteiger charge is -2.16. The van der Waals surface area contributed by atoms with Crippen LogP contribution in [0.15, 0.2) is 24.3 Å². The molecule has 0 radical (unpaired) electrons. The molecule has 0 aliphatic heterocycles. The maximum atomic E-state index is 12.0. The molecule has 0 fully saturated rings. The number of nitrogens with two attached hydrogens (primary N) is 1. The molecule has 1 rings (SSSR count). The van der Waals surface area contributed by atoms with E-state index in [9.17, 15) is 14.4 Å². The van der Waals surface area contributed by atoms with E-state index in [1.807, 2.05) is 19.1 Å². The van der Waals surface area contributed by atoms with Gasteiger partial charge in [0, 0.05) is 12.1 Å². The van der Waals surface area contributed by atoms with Gasteiger partial charge in [-0.15, -0.1) is 0 Å². The molecule has 0 unspecified atom stereocenters. The average Bonchev–Trinajstić information content (AvgIpc) is 2.36. The number of hydrogen-bond acceptors (Lipinski definition) is 3. The van der Waals surface area contributed by atoms with Crippen LogP contribution in [0.4, 0.5) is 10.5 Å². The molecule has 3 amide bonds. The minimum absolute atomic E-state index is 0.0132. The van der Waals surface area contributed by atoms with E-state index in [-0.39, 0.29) is 12.8 Å². The van der Waals surface area contributed by atoms with Crippen molar-refractivity contribution < 1.29 is 19.5 Å². The first-order chi connectivity index (χ1) is 9.38. The Morgan fingerprint density at radius 1 is 1.25 bits per heavy atom. The molecule has 108 valence electrons. The third-order valence-corrected chi connectivity index (χ3v) is 2.61. The van der Waals surface area contributed by atoms with Gasteiger partial charge in [0.05, 0.1) is 0 Å². The molecule has 20 heavy (non-hydrogen) atoms. The Morgan fingerprint density at radius 3 is 2.35 bits per heavy atom. The van der Waals surface area contributed by atoms with Crippen molar-refractivity contribution in [2.45, 2.75) is 25.8 Å². The summed E-state index contributed by atoms with van der Waals surface area (Å²) in [6, 6.07) is 6.02. The van der Waals surface area contributed by atoms with Gasteiger partial charge in [0.15, 0.2) is 0 Å². The lowest BCUT2D eigenvalue weighted by Crippen LogP contribution is -2.43. The molecule has 0 aromatic heterocycles. The van der Waals surface area contributed by atoms with Gasteiger partial charge < -0.3 is 21.5 Å². The molecule has 0 heterocycles. The van der Waals surface area contributed by atoms with Crippen molar-refractivity contribution in [3.63, 3.8) is 0 Å². The fourth-order valence-electron chi connectivity index (χ4n) is 1.57. The average molecular weight is 279 g/mol. The third-order valence-electron chi connectivity index (χ3n) is 2.61. The molecule has 0 aliphatic rings. The number of anilines is 1. The first-order valence-corrected chi connectivity index (χ1v) is 6.04. The van der Waals surface area contributed by atoms with Crippen molar-refractivity contribution in [1.82, 2.24) is 5.32 Å². The second kappa shape index (κ2) is 7.13. The van der Waals surface area contributed by atoms with Crippen LogP contribution in [-0.2, 0) is 9.59 Å². The highest BCUT2D eigenvalue weighted by Gasteiger charge is 2.21. The van der Waals surface area contributed by atoms with E-state index in [4.69, 9.17) is 10.8 Å². The zero-order valence-corrected chi connectivity index (χ0v) is 11.1. The zero-order valence-electron chi connectivity index (χ0n) is 11.1. The number of nitrogens with one attached hydrogen (secondary N) is 2. The summed E-state index contributed by atoms with van der Waals surface area (Å²) < 4.78 is 0. The van der Waals surface area contributed by atoms with Crippen LogP contribution in [0.3, 0.4) is 0 Å². The summed E-state index contributed by atoms with van der Waals surface area (Å²) in [6.07, 6.45) is -1.40. The highest BCUT2D eigenvalue weighted by Crippen LogP contribution is 2.10. The lowest BCUT2D eigenvalue weighted by atomic mass is 10.1. The first kappa shape index (κ1) is 15.5. The van der Waals surface area contributed by atoms with Crippen LogP contribution in [0.25, 0.3) is 0 Å². The van der Waals surface area contributed by atoms with E-state index in [0.29, 0.717) is 5.69 Å². The number of aryl methyl sites for hydroxylation is 1. The van der Waals surface area contributed by atoms with E-state index < -0.39 is 23.9 Å². The van der Waals surface area contributed by atoms with Crippen LogP contribution in [0.2, 0.25) is 0 Å². The summed E-state index contributed by atoms with van der Waals surface area (Å²) in [5.41, 5.74) is 6.59. The van der Waals surface area contributed by atoms with Gasteiger partial charge >= 0.3 is 6.09 Å². The van der Waals surface area contributed by atoms with E-state index in [2.05, 4.69) is 10.6 Å². The molecule has 0 bridgehead atoms. The van der Waals surface area contributed by atoms with Crippen LogP contribution in [0.1, 0.15) is 18.4 Å². The number of benzene rings is 1. The molecular formula is C13H17N3O4. The normalized spacial score (nSPS) is 11.4. The minimum atomic E-state index is -1.33. The van der Waals surface area contributed by atoms with Gasteiger partial charge in [-0.05, 0) is 25.5 Å². The Bertz CT molecular complexity index is 499. The Labute approximate surface area is 116 Å². The summed E-state index contributed by atoms with van der Waals surface area (Å²) in [4.78, 5) is 33.3. The topological polar surface area (TPSA) is 122 Å². The molecule has 1 atom stereocenters. The number of primary amides is 1. The third kappa shape index (κ3) is 5.38. The lowest BCUT2D eigenvalue weighted by molar-refractivity contribution is -0.119. The van der Waals surface area contributed by atoms with Crippen molar-refractivity contribution in [3.05, 3.63) is 29.8 Å². The number of carbonyl (C=O) groups is 3. The number of carbonyl (C=O) groups excluding carboxylic acids is 2. The monoisotopic (exact) mass is 279 g/mol. The van der Waals surface area contributed by atoms with Gasteiger partial charge in [-0.1, -0.05) is 17.7 Å². The van der Waals surface area contributed by atoms with Crippen molar-refractivity contribution in [1.29, 1.82) is 0 Å². The van der Waals surface area contributed by atoms with E-state index in [1.165, 1.54) is 0 Å². The molecule has 7 heteroatoms. The summed E-state index contributed by atoms with van der Waals surface area (Å²) in [5, 5.41) is 13.3. The van der Waals surface area contributed by atoms with Gasteiger partial charge in [0.2, 0.25) is 11.8 Å². The van der Waals surface area contributed by atoms with Crippen LogP contribution >= 0.6 is 0 Å². The fraction of sp³-hybridized carbons (Fsp3) is 0.308. The SMILES string of the molecule is Cc1ccc(NC(=O)[C@@H](CCC(N)=O)NC(=O)O)cc1. The van der Waals surface area contributed by atoms with Crippen molar-refractivity contribution in [2.24, 2.45) is 5.73 Å². The molecule has 7 nitrogen and oxygen atoms in total. The van der Waals surface area contributed by atoms with E-state index >= 15 is 0 Å². The van der Waals surface area contributed by atoms with Crippen molar-refractivity contribution >= 4 is 23.6 Å². The van der Waals surface area contributed by atoms with Gasteiger partial charge in [0.1, 0.15) is 6.04 Å². The predicted octanol–water partition coefficient (Wildman–Crippen LogP) is 0.835. The fourth-order valence-corrected chi connectivity index (χ4v) is 1.57. The second-order valence-electron chi connectivity index (χ2n) is 4.36. The summed E-state index contributed by atoms with van der Waals surface area (Å²) in [6.45, 7) is 1.91. The summed E-state index contributed by atoms with van der Waals surface area (Å²) in [7, 11) is 0. The first-order valence-electron chi connectivity index (χ1n) is 6.04.